The number of aromatic nitrogens is 2. The minimum Gasteiger partial charge on any atom is -0.382 e. The zero-order chi connectivity index (χ0) is 19.8. The number of anilines is 1. The smallest absolute Gasteiger partial charge is 0.114 e. The average Bonchev–Trinajstić information content (AvgIpc) is 3.12. The Morgan fingerprint density at radius 1 is 1.14 bits per heavy atom. The molecule has 4 nitrogen and oxygen atoms in total. The summed E-state index contributed by atoms with van der Waals surface area (Å²) in [5, 5.41) is 7.27. The highest BCUT2D eigenvalue weighted by molar-refractivity contribution is 5.86. The van der Waals surface area contributed by atoms with Crippen molar-refractivity contribution in [1.82, 2.24) is 14.9 Å². The van der Waals surface area contributed by atoms with Gasteiger partial charge in [0.05, 0.1) is 11.0 Å². The summed E-state index contributed by atoms with van der Waals surface area (Å²) in [6.45, 7) is 6.93. The first-order chi connectivity index (χ1) is 14.2. The molecule has 2 unspecified atom stereocenters. The van der Waals surface area contributed by atoms with Crippen molar-refractivity contribution in [3.63, 3.8) is 0 Å². The molecule has 3 atom stereocenters. The van der Waals surface area contributed by atoms with Crippen molar-refractivity contribution in [3.8, 4) is 0 Å². The molecule has 2 N–H and O–H groups in total. The summed E-state index contributed by atoms with van der Waals surface area (Å²) < 4.78 is 2.55. The van der Waals surface area contributed by atoms with Gasteiger partial charge in [0, 0.05) is 29.8 Å². The summed E-state index contributed by atoms with van der Waals surface area (Å²) in [5.74, 6) is 1.86. The van der Waals surface area contributed by atoms with Crippen LogP contribution in [0.1, 0.15) is 56.1 Å². The van der Waals surface area contributed by atoms with E-state index in [2.05, 4.69) is 71.5 Å². The van der Waals surface area contributed by atoms with Crippen LogP contribution in [0, 0.1) is 5.92 Å². The number of hydrogen-bond donors (Lipinski definition) is 2. The first-order valence-corrected chi connectivity index (χ1v) is 11.2. The molecule has 4 heteroatoms. The molecule has 1 fully saturated rings. The van der Waals surface area contributed by atoms with Crippen LogP contribution in [0.2, 0.25) is 0 Å². The maximum atomic E-state index is 5.26. The van der Waals surface area contributed by atoms with Crippen LogP contribution in [-0.4, -0.2) is 28.7 Å². The van der Waals surface area contributed by atoms with Gasteiger partial charge in [-0.1, -0.05) is 30.3 Å². The number of rotatable bonds is 4. The Balaban J connectivity index is 1.62. The van der Waals surface area contributed by atoms with Gasteiger partial charge in [-0.15, -0.1) is 0 Å². The molecule has 0 amide bonds. The highest BCUT2D eigenvalue weighted by Crippen LogP contribution is 2.36. The number of piperidine rings is 1. The normalized spacial score (nSPS) is 22.8. The third-order valence-corrected chi connectivity index (χ3v) is 6.90. The summed E-state index contributed by atoms with van der Waals surface area (Å²) in [4.78, 5) is 5.26. The highest BCUT2D eigenvalue weighted by atomic mass is 15.1. The molecule has 1 aromatic heterocycles. The van der Waals surface area contributed by atoms with Crippen LogP contribution >= 0.6 is 0 Å². The Bertz CT molecular complexity index is 985. The molecule has 0 aliphatic carbocycles. The first-order valence-electron chi connectivity index (χ1n) is 11.2. The highest BCUT2D eigenvalue weighted by Gasteiger charge is 2.27. The van der Waals surface area contributed by atoms with E-state index in [1.165, 1.54) is 52.9 Å². The van der Waals surface area contributed by atoms with E-state index in [9.17, 15) is 0 Å². The zero-order valence-electron chi connectivity index (χ0n) is 17.6. The van der Waals surface area contributed by atoms with Crippen LogP contribution in [0.25, 0.3) is 11.0 Å². The van der Waals surface area contributed by atoms with Crippen LogP contribution < -0.4 is 10.6 Å². The molecule has 29 heavy (non-hydrogen) atoms. The lowest BCUT2D eigenvalue weighted by atomic mass is 9.92. The molecule has 0 spiro atoms. The summed E-state index contributed by atoms with van der Waals surface area (Å²) >= 11 is 0. The second kappa shape index (κ2) is 7.83. The van der Waals surface area contributed by atoms with E-state index in [0.29, 0.717) is 18.0 Å². The van der Waals surface area contributed by atoms with Crippen LogP contribution in [0.15, 0.2) is 42.5 Å². The van der Waals surface area contributed by atoms with Gasteiger partial charge in [-0.25, -0.2) is 4.98 Å². The van der Waals surface area contributed by atoms with E-state index in [4.69, 9.17) is 4.98 Å². The second-order valence-electron chi connectivity index (χ2n) is 8.95. The molecule has 152 valence electrons. The fourth-order valence-corrected chi connectivity index (χ4v) is 5.21. The Morgan fingerprint density at radius 2 is 2.00 bits per heavy atom. The number of hydrogen-bond acceptors (Lipinski definition) is 3. The van der Waals surface area contributed by atoms with E-state index in [0.717, 1.165) is 25.9 Å². The summed E-state index contributed by atoms with van der Waals surface area (Å²) in [7, 11) is 0. The summed E-state index contributed by atoms with van der Waals surface area (Å²) in [6.07, 6.45) is 5.74. The van der Waals surface area contributed by atoms with Crippen molar-refractivity contribution in [2.75, 3.05) is 18.4 Å². The molecule has 3 aromatic rings. The molecule has 2 aromatic carbocycles. The third-order valence-electron chi connectivity index (χ3n) is 6.90. The lowest BCUT2D eigenvalue weighted by Gasteiger charge is -2.31. The van der Waals surface area contributed by atoms with E-state index >= 15 is 0 Å². The quantitative estimate of drug-likeness (QED) is 0.666. The van der Waals surface area contributed by atoms with Gasteiger partial charge in [0.25, 0.3) is 0 Å². The van der Waals surface area contributed by atoms with Gasteiger partial charge in [-0.05, 0) is 76.2 Å². The molecular weight excluding hydrogens is 356 g/mol. The zero-order valence-corrected chi connectivity index (χ0v) is 17.6. The number of fused-ring (bicyclic) bond motifs is 3. The van der Waals surface area contributed by atoms with Crippen LogP contribution in [-0.2, 0) is 12.8 Å². The average molecular weight is 389 g/mol. The van der Waals surface area contributed by atoms with Crippen LogP contribution in [0.3, 0.4) is 0 Å². The summed E-state index contributed by atoms with van der Waals surface area (Å²) in [6, 6.07) is 16.3. The third kappa shape index (κ3) is 3.55. The number of nitrogens with zero attached hydrogens (tertiary/aromatic N) is 2. The van der Waals surface area contributed by atoms with Crippen molar-refractivity contribution in [2.45, 2.75) is 58.0 Å². The van der Waals surface area contributed by atoms with Crippen LogP contribution in [0.4, 0.5) is 5.69 Å². The number of aryl methyl sites for hydroxylation is 1. The second-order valence-corrected chi connectivity index (χ2v) is 8.95. The predicted molar refractivity (Wildman–Crippen MR) is 121 cm³/mol. The Labute approximate surface area is 173 Å². The maximum Gasteiger partial charge on any atom is 0.114 e. The molecule has 1 saturated heterocycles. The molecule has 2 aliphatic rings. The molecule has 0 saturated carbocycles. The fourth-order valence-electron chi connectivity index (χ4n) is 5.21. The number of benzene rings is 2. The van der Waals surface area contributed by atoms with Crippen molar-refractivity contribution >= 4 is 16.7 Å². The van der Waals surface area contributed by atoms with Crippen molar-refractivity contribution in [2.24, 2.45) is 5.92 Å². The van der Waals surface area contributed by atoms with E-state index in [1.807, 2.05) is 0 Å². The van der Waals surface area contributed by atoms with Gasteiger partial charge < -0.3 is 15.2 Å². The van der Waals surface area contributed by atoms with Gasteiger partial charge in [-0.3, -0.25) is 0 Å². The SMILES string of the molecule is CC(C1CCCNC1)n1c(Cc2ccccc2)nc2c3c(ccc21)N[C@@H](C)CC3. The van der Waals surface area contributed by atoms with Gasteiger partial charge in [0.1, 0.15) is 5.82 Å². The van der Waals surface area contributed by atoms with E-state index < -0.39 is 0 Å². The molecule has 0 radical (unpaired) electrons. The molecule has 5 rings (SSSR count). The Hall–Kier alpha value is -2.33. The first kappa shape index (κ1) is 18.7. The molecular formula is C25H32N4. The largest absolute Gasteiger partial charge is 0.382 e. The maximum absolute atomic E-state index is 5.26. The van der Waals surface area contributed by atoms with Crippen molar-refractivity contribution in [1.29, 1.82) is 0 Å². The standard InChI is InChI=1S/C25H32N4/c1-17-10-11-21-22(27-17)12-13-23-25(21)28-24(15-19-7-4-3-5-8-19)29(23)18(2)20-9-6-14-26-16-20/h3-5,7-8,12-13,17-18,20,26-27H,6,9-11,14-16H2,1-2H3/t17-,18?,20?/m0/s1. The molecule has 0 bridgehead atoms. The Kier molecular flexibility index (Phi) is 5.04. The van der Waals surface area contributed by atoms with Gasteiger partial charge >= 0.3 is 0 Å². The van der Waals surface area contributed by atoms with E-state index in [1.54, 1.807) is 0 Å². The van der Waals surface area contributed by atoms with Crippen LogP contribution in [0.5, 0.6) is 0 Å². The van der Waals surface area contributed by atoms with E-state index in [-0.39, 0.29) is 0 Å². The van der Waals surface area contributed by atoms with Crippen molar-refractivity contribution in [3.05, 3.63) is 59.4 Å². The number of nitrogens with one attached hydrogen (secondary N) is 2. The Morgan fingerprint density at radius 3 is 2.79 bits per heavy atom. The minimum atomic E-state index is 0.444. The fraction of sp³-hybridized carbons (Fsp3) is 0.480. The van der Waals surface area contributed by atoms with Gasteiger partial charge in [0.15, 0.2) is 0 Å². The number of imidazole rings is 1. The predicted octanol–water partition coefficient (Wildman–Crippen LogP) is 4.93. The molecule has 3 heterocycles. The summed E-state index contributed by atoms with van der Waals surface area (Å²) in [5.41, 5.74) is 6.54. The topological polar surface area (TPSA) is 41.9 Å². The van der Waals surface area contributed by atoms with Gasteiger partial charge in [-0.2, -0.15) is 0 Å². The van der Waals surface area contributed by atoms with Gasteiger partial charge in [0.2, 0.25) is 0 Å². The minimum absolute atomic E-state index is 0.444. The molecule has 2 aliphatic heterocycles. The monoisotopic (exact) mass is 388 g/mol. The lowest BCUT2D eigenvalue weighted by molar-refractivity contribution is 0.280. The van der Waals surface area contributed by atoms with Crippen molar-refractivity contribution < 1.29 is 0 Å². The lowest BCUT2D eigenvalue weighted by Crippen LogP contribution is -2.34.